The first-order valence-corrected chi connectivity index (χ1v) is 6.12. The number of hydrogen-bond donors (Lipinski definition) is 2. The van der Waals surface area contributed by atoms with Crippen LogP contribution >= 0.6 is 0 Å². The molecule has 1 amide bonds. The number of nitrogens with one attached hydrogen (secondary N) is 1. The Morgan fingerprint density at radius 3 is 2.58 bits per heavy atom. The number of hydrogen-bond acceptors (Lipinski definition) is 2. The van der Waals surface area contributed by atoms with Crippen LogP contribution in [-0.4, -0.2) is 23.7 Å². The van der Waals surface area contributed by atoms with Gasteiger partial charge in [0.2, 0.25) is 5.91 Å². The molecule has 2 N–H and O–H groups in total. The lowest BCUT2D eigenvalue weighted by molar-refractivity contribution is -0.117. The number of aliphatic hydroxyl groups excluding tert-OH is 1. The van der Waals surface area contributed by atoms with Crippen LogP contribution in [0.5, 0.6) is 0 Å². The highest BCUT2D eigenvalue weighted by atomic mass is 19.1. The molecule has 104 valence electrons. The SMILES string of the molecule is CCC(CCO)NC(=O)/C=C/c1c(F)cccc1F. The quantitative estimate of drug-likeness (QED) is 0.778. The van der Waals surface area contributed by atoms with Gasteiger partial charge in [0.1, 0.15) is 11.6 Å². The zero-order chi connectivity index (χ0) is 14.3. The third-order valence-electron chi connectivity index (χ3n) is 2.72. The van der Waals surface area contributed by atoms with Gasteiger partial charge in [0.15, 0.2) is 0 Å². The van der Waals surface area contributed by atoms with E-state index >= 15 is 0 Å². The summed E-state index contributed by atoms with van der Waals surface area (Å²) in [6.45, 7) is 1.85. The lowest BCUT2D eigenvalue weighted by Crippen LogP contribution is -2.33. The molecule has 5 heteroatoms. The molecule has 0 heterocycles. The van der Waals surface area contributed by atoms with E-state index in [1.807, 2.05) is 6.92 Å². The van der Waals surface area contributed by atoms with Crippen LogP contribution in [0.15, 0.2) is 24.3 Å². The first-order valence-electron chi connectivity index (χ1n) is 6.12. The van der Waals surface area contributed by atoms with E-state index in [0.29, 0.717) is 12.8 Å². The van der Waals surface area contributed by atoms with Crippen molar-refractivity contribution in [1.29, 1.82) is 0 Å². The molecule has 0 aliphatic rings. The Hall–Kier alpha value is -1.75. The first kappa shape index (κ1) is 15.3. The number of halogens is 2. The van der Waals surface area contributed by atoms with Crippen molar-refractivity contribution in [2.75, 3.05) is 6.61 Å². The fourth-order valence-corrected chi connectivity index (χ4v) is 1.61. The number of aliphatic hydroxyl groups is 1. The van der Waals surface area contributed by atoms with Crippen molar-refractivity contribution in [1.82, 2.24) is 5.32 Å². The maximum atomic E-state index is 13.3. The van der Waals surface area contributed by atoms with Crippen molar-refractivity contribution in [3.05, 3.63) is 41.5 Å². The summed E-state index contributed by atoms with van der Waals surface area (Å²) in [4.78, 5) is 11.6. The molecule has 0 saturated carbocycles. The molecular weight excluding hydrogens is 252 g/mol. The Bertz CT molecular complexity index is 441. The summed E-state index contributed by atoms with van der Waals surface area (Å²) in [6.07, 6.45) is 3.31. The van der Waals surface area contributed by atoms with Crippen LogP contribution < -0.4 is 5.32 Å². The average Bonchev–Trinajstić information content (AvgIpc) is 2.37. The summed E-state index contributed by atoms with van der Waals surface area (Å²) in [7, 11) is 0. The molecule has 0 spiro atoms. The molecule has 0 saturated heterocycles. The summed E-state index contributed by atoms with van der Waals surface area (Å²) >= 11 is 0. The fourth-order valence-electron chi connectivity index (χ4n) is 1.61. The van der Waals surface area contributed by atoms with Crippen LogP contribution in [0.2, 0.25) is 0 Å². The zero-order valence-corrected chi connectivity index (χ0v) is 10.7. The van der Waals surface area contributed by atoms with Crippen LogP contribution in [-0.2, 0) is 4.79 Å². The third-order valence-corrected chi connectivity index (χ3v) is 2.72. The Kier molecular flexibility index (Phi) is 6.15. The van der Waals surface area contributed by atoms with Gasteiger partial charge >= 0.3 is 0 Å². The maximum Gasteiger partial charge on any atom is 0.244 e. The van der Waals surface area contributed by atoms with Gasteiger partial charge in [-0.05, 0) is 31.1 Å². The molecule has 0 fully saturated rings. The van der Waals surface area contributed by atoms with Crippen molar-refractivity contribution < 1.29 is 18.7 Å². The van der Waals surface area contributed by atoms with E-state index < -0.39 is 17.5 Å². The van der Waals surface area contributed by atoms with Gasteiger partial charge in [-0.2, -0.15) is 0 Å². The Morgan fingerprint density at radius 1 is 1.42 bits per heavy atom. The Labute approximate surface area is 110 Å². The summed E-state index contributed by atoms with van der Waals surface area (Å²) in [6, 6.07) is 3.37. The van der Waals surface area contributed by atoms with Gasteiger partial charge in [-0.15, -0.1) is 0 Å². The van der Waals surface area contributed by atoms with Crippen molar-refractivity contribution in [2.24, 2.45) is 0 Å². The standard InChI is InChI=1S/C14H17F2NO2/c1-2-10(8-9-18)17-14(19)7-6-11-12(15)4-3-5-13(11)16/h3-7,10,18H,2,8-9H2,1H3,(H,17,19)/b7-6+. The Morgan fingerprint density at radius 2 is 2.05 bits per heavy atom. The van der Waals surface area contributed by atoms with E-state index in [0.717, 1.165) is 24.3 Å². The van der Waals surface area contributed by atoms with Gasteiger partial charge in [0.25, 0.3) is 0 Å². The van der Waals surface area contributed by atoms with Crippen molar-refractivity contribution in [3.63, 3.8) is 0 Å². The molecule has 1 aromatic rings. The third kappa shape index (κ3) is 4.79. The number of rotatable bonds is 6. The lowest BCUT2D eigenvalue weighted by Gasteiger charge is -2.13. The van der Waals surface area contributed by atoms with Gasteiger partial charge in [0, 0.05) is 24.3 Å². The second-order valence-electron chi connectivity index (χ2n) is 4.09. The monoisotopic (exact) mass is 269 g/mol. The van der Waals surface area contributed by atoms with E-state index in [9.17, 15) is 13.6 Å². The number of amides is 1. The summed E-state index contributed by atoms with van der Waals surface area (Å²) in [5.41, 5.74) is -0.243. The van der Waals surface area contributed by atoms with E-state index in [1.165, 1.54) is 6.07 Å². The molecule has 1 unspecified atom stereocenters. The molecule has 0 bridgehead atoms. The first-order chi connectivity index (χ1) is 9.08. The topological polar surface area (TPSA) is 49.3 Å². The smallest absolute Gasteiger partial charge is 0.244 e. The Balaban J connectivity index is 2.68. The molecule has 3 nitrogen and oxygen atoms in total. The van der Waals surface area contributed by atoms with Gasteiger partial charge in [-0.25, -0.2) is 8.78 Å². The molecule has 19 heavy (non-hydrogen) atoms. The minimum Gasteiger partial charge on any atom is -0.396 e. The average molecular weight is 269 g/mol. The van der Waals surface area contributed by atoms with Gasteiger partial charge < -0.3 is 10.4 Å². The van der Waals surface area contributed by atoms with Crippen LogP contribution in [0.25, 0.3) is 6.08 Å². The van der Waals surface area contributed by atoms with Crippen molar-refractivity contribution in [2.45, 2.75) is 25.8 Å². The van der Waals surface area contributed by atoms with Gasteiger partial charge in [-0.3, -0.25) is 4.79 Å². The minimum absolute atomic E-state index is 0.0234. The molecule has 0 aliphatic heterocycles. The molecule has 0 aromatic heterocycles. The van der Waals surface area contributed by atoms with Crippen LogP contribution in [0, 0.1) is 11.6 Å². The number of benzene rings is 1. The highest BCUT2D eigenvalue weighted by Gasteiger charge is 2.08. The maximum absolute atomic E-state index is 13.3. The van der Waals surface area contributed by atoms with Gasteiger partial charge in [-0.1, -0.05) is 13.0 Å². The highest BCUT2D eigenvalue weighted by Crippen LogP contribution is 2.13. The normalized spacial score (nSPS) is 12.6. The summed E-state index contributed by atoms with van der Waals surface area (Å²) in [5, 5.41) is 11.4. The molecular formula is C14H17F2NO2. The summed E-state index contributed by atoms with van der Waals surface area (Å²) < 4.78 is 26.6. The zero-order valence-electron chi connectivity index (χ0n) is 10.7. The predicted octanol–water partition coefficient (Wildman–Crippen LogP) is 2.26. The molecule has 0 aliphatic carbocycles. The van der Waals surface area contributed by atoms with Crippen LogP contribution in [0.1, 0.15) is 25.3 Å². The van der Waals surface area contributed by atoms with E-state index in [-0.39, 0.29) is 18.2 Å². The predicted molar refractivity (Wildman–Crippen MR) is 69.3 cm³/mol. The van der Waals surface area contributed by atoms with Crippen molar-refractivity contribution >= 4 is 12.0 Å². The number of carbonyl (C=O) groups is 1. The van der Waals surface area contributed by atoms with Gasteiger partial charge in [0.05, 0.1) is 0 Å². The molecule has 0 radical (unpaired) electrons. The largest absolute Gasteiger partial charge is 0.396 e. The highest BCUT2D eigenvalue weighted by molar-refractivity contribution is 5.91. The minimum atomic E-state index is -0.716. The summed E-state index contributed by atoms with van der Waals surface area (Å²) in [5.74, 6) is -1.87. The second kappa shape index (κ2) is 7.63. The molecule has 1 rings (SSSR count). The van der Waals surface area contributed by atoms with Crippen molar-refractivity contribution in [3.8, 4) is 0 Å². The lowest BCUT2D eigenvalue weighted by atomic mass is 10.1. The second-order valence-corrected chi connectivity index (χ2v) is 4.09. The fraction of sp³-hybridized carbons (Fsp3) is 0.357. The number of carbonyl (C=O) groups excluding carboxylic acids is 1. The van der Waals surface area contributed by atoms with E-state index in [4.69, 9.17) is 5.11 Å². The molecule has 1 atom stereocenters. The van der Waals surface area contributed by atoms with E-state index in [2.05, 4.69) is 5.32 Å². The van der Waals surface area contributed by atoms with Crippen LogP contribution in [0.4, 0.5) is 8.78 Å². The van der Waals surface area contributed by atoms with E-state index in [1.54, 1.807) is 0 Å². The molecule has 1 aromatic carbocycles. The van der Waals surface area contributed by atoms with Crippen LogP contribution in [0.3, 0.4) is 0 Å².